The molecule has 0 aliphatic carbocycles. The summed E-state index contributed by atoms with van der Waals surface area (Å²) in [5.41, 5.74) is 1.03. The van der Waals surface area contributed by atoms with Crippen molar-refractivity contribution in [1.82, 2.24) is 5.32 Å². The average molecular weight is 448 g/mol. The Morgan fingerprint density at radius 1 is 1.16 bits per heavy atom. The third-order valence-electron chi connectivity index (χ3n) is 4.71. The maximum atomic E-state index is 13.0. The molecule has 1 atom stereocenters. The summed E-state index contributed by atoms with van der Waals surface area (Å²) in [5.74, 6) is -0.512. The monoisotopic (exact) mass is 447 g/mol. The molecule has 10 heteroatoms. The lowest BCUT2D eigenvalue weighted by molar-refractivity contribution is -0.122. The van der Waals surface area contributed by atoms with Crippen molar-refractivity contribution >= 4 is 33.2 Å². The van der Waals surface area contributed by atoms with Crippen LogP contribution in [0.15, 0.2) is 48.5 Å². The van der Waals surface area contributed by atoms with Crippen molar-refractivity contribution in [1.29, 1.82) is 0 Å². The number of carbonyl (C=O) groups excluding carboxylic acids is 2. The average Bonchev–Trinajstić information content (AvgIpc) is 2.94. The number of methoxy groups -OCH3 is 1. The molecule has 0 spiro atoms. The van der Waals surface area contributed by atoms with Gasteiger partial charge in [0.15, 0.2) is 6.10 Å². The van der Waals surface area contributed by atoms with Crippen molar-refractivity contribution in [3.05, 3.63) is 54.1 Å². The Labute approximate surface area is 181 Å². The maximum Gasteiger partial charge on any atom is 0.265 e. The number of hydrogen-bond acceptors (Lipinski definition) is 6. The van der Waals surface area contributed by atoms with Crippen molar-refractivity contribution in [2.24, 2.45) is 0 Å². The maximum absolute atomic E-state index is 13.0. The molecule has 0 aromatic heterocycles. The molecule has 0 radical (unpaired) electrons. The highest BCUT2D eigenvalue weighted by atomic mass is 32.2. The van der Waals surface area contributed by atoms with Crippen molar-refractivity contribution in [2.75, 3.05) is 42.7 Å². The van der Waals surface area contributed by atoms with Crippen LogP contribution in [0.4, 0.5) is 11.4 Å². The number of hydrogen-bond donors (Lipinski definition) is 2. The first kappa shape index (κ1) is 22.6. The molecule has 9 nitrogen and oxygen atoms in total. The SMILES string of the molecule is COCCNC(=O)c1ccccc1NC(=O)C1CCN(S(C)(=O)=O)c2ccccc2O1. The van der Waals surface area contributed by atoms with E-state index in [4.69, 9.17) is 9.47 Å². The second-order valence-electron chi connectivity index (χ2n) is 6.98. The van der Waals surface area contributed by atoms with Crippen molar-refractivity contribution in [3.63, 3.8) is 0 Å². The Hall–Kier alpha value is -3.11. The van der Waals surface area contributed by atoms with Crippen molar-refractivity contribution in [3.8, 4) is 5.75 Å². The van der Waals surface area contributed by atoms with Gasteiger partial charge in [-0.25, -0.2) is 8.42 Å². The van der Waals surface area contributed by atoms with Crippen LogP contribution in [0.25, 0.3) is 0 Å². The van der Waals surface area contributed by atoms with E-state index in [1.54, 1.807) is 48.5 Å². The third-order valence-corrected chi connectivity index (χ3v) is 5.89. The molecule has 3 rings (SSSR count). The second kappa shape index (κ2) is 9.80. The Morgan fingerprint density at radius 2 is 1.87 bits per heavy atom. The zero-order chi connectivity index (χ0) is 22.4. The quantitative estimate of drug-likeness (QED) is 0.624. The van der Waals surface area contributed by atoms with Crippen LogP contribution >= 0.6 is 0 Å². The van der Waals surface area contributed by atoms with Gasteiger partial charge in [-0.1, -0.05) is 24.3 Å². The van der Waals surface area contributed by atoms with Gasteiger partial charge < -0.3 is 20.1 Å². The summed E-state index contributed by atoms with van der Waals surface area (Å²) in [5, 5.41) is 5.46. The standard InChI is InChI=1S/C21H25N3O6S/c1-29-14-12-22-20(25)15-7-3-4-8-16(15)23-21(26)19-11-13-24(31(2,27)28)17-9-5-6-10-18(17)30-19/h3-10,19H,11-14H2,1-2H3,(H,22,25)(H,23,26). The summed E-state index contributed by atoms with van der Waals surface area (Å²) < 4.78 is 36.4. The topological polar surface area (TPSA) is 114 Å². The molecule has 0 saturated heterocycles. The molecule has 31 heavy (non-hydrogen) atoms. The van der Waals surface area contributed by atoms with Crippen LogP contribution in [0, 0.1) is 0 Å². The summed E-state index contributed by atoms with van der Waals surface area (Å²) in [4.78, 5) is 25.4. The largest absolute Gasteiger partial charge is 0.478 e. The minimum Gasteiger partial charge on any atom is -0.478 e. The minimum absolute atomic E-state index is 0.0904. The third kappa shape index (κ3) is 5.53. The zero-order valence-electron chi connectivity index (χ0n) is 17.3. The number of rotatable bonds is 7. The lowest BCUT2D eigenvalue weighted by Crippen LogP contribution is -2.36. The lowest BCUT2D eigenvalue weighted by atomic mass is 10.1. The van der Waals surface area contributed by atoms with Gasteiger partial charge in [0.05, 0.1) is 29.8 Å². The highest BCUT2D eigenvalue weighted by molar-refractivity contribution is 7.92. The molecule has 1 aliphatic heterocycles. The Kier molecular flexibility index (Phi) is 7.13. The highest BCUT2D eigenvalue weighted by Gasteiger charge is 2.31. The fourth-order valence-electron chi connectivity index (χ4n) is 3.22. The lowest BCUT2D eigenvalue weighted by Gasteiger charge is -2.20. The fraction of sp³-hybridized carbons (Fsp3) is 0.333. The van der Waals surface area contributed by atoms with Gasteiger partial charge in [-0.15, -0.1) is 0 Å². The Morgan fingerprint density at radius 3 is 2.61 bits per heavy atom. The first-order valence-electron chi connectivity index (χ1n) is 9.71. The van der Waals surface area contributed by atoms with Crippen LogP contribution in [0.2, 0.25) is 0 Å². The van der Waals surface area contributed by atoms with Gasteiger partial charge in [-0.2, -0.15) is 0 Å². The van der Waals surface area contributed by atoms with E-state index in [0.29, 0.717) is 35.8 Å². The van der Waals surface area contributed by atoms with E-state index in [9.17, 15) is 18.0 Å². The molecular weight excluding hydrogens is 422 g/mol. The number of nitrogens with zero attached hydrogens (tertiary/aromatic N) is 1. The number of fused-ring (bicyclic) bond motifs is 1. The first-order chi connectivity index (χ1) is 14.8. The Balaban J connectivity index is 1.79. The van der Waals surface area contributed by atoms with E-state index < -0.39 is 22.0 Å². The number of anilines is 2. The second-order valence-corrected chi connectivity index (χ2v) is 8.89. The van der Waals surface area contributed by atoms with Crippen LogP contribution in [0.1, 0.15) is 16.8 Å². The predicted octanol–water partition coefficient (Wildman–Crippen LogP) is 1.62. The highest BCUT2D eigenvalue weighted by Crippen LogP contribution is 2.34. The van der Waals surface area contributed by atoms with E-state index in [1.165, 1.54) is 11.4 Å². The van der Waals surface area contributed by atoms with E-state index in [2.05, 4.69) is 10.6 Å². The number of ether oxygens (including phenoxy) is 2. The first-order valence-corrected chi connectivity index (χ1v) is 11.6. The van der Waals surface area contributed by atoms with Crippen molar-refractivity contribution < 1.29 is 27.5 Å². The molecule has 0 saturated carbocycles. The normalized spacial score (nSPS) is 15.9. The molecule has 1 aliphatic rings. The molecule has 2 aromatic rings. The van der Waals surface area contributed by atoms with Crippen molar-refractivity contribution in [2.45, 2.75) is 12.5 Å². The number of nitrogens with one attached hydrogen (secondary N) is 2. The Bertz CT molecular complexity index is 1060. The van der Waals surface area contributed by atoms with Crippen LogP contribution < -0.4 is 19.7 Å². The van der Waals surface area contributed by atoms with Gasteiger partial charge in [-0.3, -0.25) is 13.9 Å². The molecule has 0 fully saturated rings. The molecule has 2 aromatic carbocycles. The smallest absolute Gasteiger partial charge is 0.265 e. The summed E-state index contributed by atoms with van der Waals surface area (Å²) in [6.07, 6.45) is 0.329. The van der Waals surface area contributed by atoms with Crippen LogP contribution in [-0.2, 0) is 19.6 Å². The summed E-state index contributed by atoms with van der Waals surface area (Å²) in [6, 6.07) is 13.3. The fourth-order valence-corrected chi connectivity index (χ4v) is 4.17. The van der Waals surface area contributed by atoms with Gasteiger partial charge in [0.25, 0.3) is 11.8 Å². The number of carbonyl (C=O) groups is 2. The molecule has 1 heterocycles. The number of amides is 2. The number of para-hydroxylation sites is 3. The molecule has 1 unspecified atom stereocenters. The minimum atomic E-state index is -3.54. The zero-order valence-corrected chi connectivity index (χ0v) is 18.1. The number of benzene rings is 2. The molecular formula is C21H25N3O6S. The van der Waals surface area contributed by atoms with Crippen LogP contribution in [0.3, 0.4) is 0 Å². The summed E-state index contributed by atoms with van der Waals surface area (Å²) >= 11 is 0. The summed E-state index contributed by atoms with van der Waals surface area (Å²) in [6.45, 7) is 0.793. The van der Waals surface area contributed by atoms with Crippen LogP contribution in [-0.4, -0.2) is 59.4 Å². The van der Waals surface area contributed by atoms with E-state index >= 15 is 0 Å². The van der Waals surface area contributed by atoms with Gasteiger partial charge >= 0.3 is 0 Å². The summed E-state index contributed by atoms with van der Waals surface area (Å²) in [7, 11) is -2.00. The predicted molar refractivity (Wildman–Crippen MR) is 117 cm³/mol. The molecule has 2 N–H and O–H groups in total. The van der Waals surface area contributed by atoms with E-state index in [0.717, 1.165) is 6.26 Å². The van der Waals surface area contributed by atoms with E-state index in [-0.39, 0.29) is 18.9 Å². The van der Waals surface area contributed by atoms with Crippen LogP contribution in [0.5, 0.6) is 5.75 Å². The molecule has 0 bridgehead atoms. The van der Waals surface area contributed by atoms with Gasteiger partial charge in [0.2, 0.25) is 10.0 Å². The molecule has 166 valence electrons. The van der Waals surface area contributed by atoms with Gasteiger partial charge in [0, 0.05) is 26.6 Å². The van der Waals surface area contributed by atoms with Gasteiger partial charge in [0.1, 0.15) is 5.75 Å². The van der Waals surface area contributed by atoms with Gasteiger partial charge in [-0.05, 0) is 24.3 Å². The molecule has 2 amide bonds. The number of sulfonamides is 1. The van der Waals surface area contributed by atoms with E-state index in [1.807, 2.05) is 0 Å².